The van der Waals surface area contributed by atoms with Gasteiger partial charge in [0.2, 0.25) is 0 Å². The maximum Gasteiger partial charge on any atom is 0.319 e. The van der Waals surface area contributed by atoms with Gasteiger partial charge in [-0.05, 0) is 49.6 Å². The zero-order valence-electron chi connectivity index (χ0n) is 20.0. The first-order valence-corrected chi connectivity index (χ1v) is 11.5. The minimum Gasteiger partial charge on any atom is -0.388 e. The predicted octanol–water partition coefficient (Wildman–Crippen LogP) is 1.58. The van der Waals surface area contributed by atoms with Crippen molar-refractivity contribution in [2.24, 2.45) is 0 Å². The summed E-state index contributed by atoms with van der Waals surface area (Å²) in [6.45, 7) is 2.97. The van der Waals surface area contributed by atoms with Crippen molar-refractivity contribution in [1.29, 1.82) is 0 Å². The van der Waals surface area contributed by atoms with Crippen molar-refractivity contribution in [3.8, 4) is 11.4 Å². The maximum absolute atomic E-state index is 13.2. The Morgan fingerprint density at radius 2 is 1.77 bits per heavy atom. The molecule has 11 nitrogen and oxygen atoms in total. The summed E-state index contributed by atoms with van der Waals surface area (Å²) in [6.07, 6.45) is 7.48. The number of carbonyl (C=O) groups excluding carboxylic acids is 1. The number of hydrogen-bond acceptors (Lipinski definition) is 6. The van der Waals surface area contributed by atoms with E-state index in [1.54, 1.807) is 34.6 Å². The number of urea groups is 1. The Morgan fingerprint density at radius 1 is 1.09 bits per heavy atom. The maximum atomic E-state index is 13.2. The fourth-order valence-electron chi connectivity index (χ4n) is 4.42. The normalized spacial score (nSPS) is 15.5. The molecule has 182 valence electrons. The van der Waals surface area contributed by atoms with Crippen LogP contribution in [0.4, 0.5) is 4.79 Å². The van der Waals surface area contributed by atoms with Crippen LogP contribution in [0.25, 0.3) is 22.4 Å². The number of likely N-dealkylation sites (tertiary alicyclic amines) is 1. The number of aromatic nitrogens is 6. The average Bonchev–Trinajstić information content (AvgIpc) is 3.48. The van der Waals surface area contributed by atoms with Crippen molar-refractivity contribution < 1.29 is 9.90 Å². The molecule has 0 saturated carbocycles. The molecule has 0 spiro atoms. The molecule has 2 amide bonds. The highest BCUT2D eigenvalue weighted by molar-refractivity contribution is 5.75. The van der Waals surface area contributed by atoms with Gasteiger partial charge in [0, 0.05) is 33.4 Å². The topological polar surface area (TPSA) is 114 Å². The minimum absolute atomic E-state index is 0.0764. The summed E-state index contributed by atoms with van der Waals surface area (Å²) >= 11 is 0. The van der Waals surface area contributed by atoms with Gasteiger partial charge in [0.1, 0.15) is 11.7 Å². The number of amides is 2. The van der Waals surface area contributed by atoms with E-state index in [4.69, 9.17) is 0 Å². The van der Waals surface area contributed by atoms with Crippen LogP contribution in [-0.4, -0.2) is 82.8 Å². The number of nitrogens with zero attached hydrogens (tertiary/aromatic N) is 8. The molecule has 1 N–H and O–H groups in total. The highest BCUT2D eigenvalue weighted by Crippen LogP contribution is 2.25. The van der Waals surface area contributed by atoms with Crippen molar-refractivity contribution >= 4 is 17.1 Å². The van der Waals surface area contributed by atoms with Crippen molar-refractivity contribution in [1.82, 2.24) is 38.9 Å². The predicted molar refractivity (Wildman–Crippen MR) is 130 cm³/mol. The second-order valence-corrected chi connectivity index (χ2v) is 9.34. The Bertz CT molecular complexity index is 1430. The van der Waals surface area contributed by atoms with Gasteiger partial charge in [-0.2, -0.15) is 10.2 Å². The molecular formula is C24H28N8O3. The third-order valence-corrected chi connectivity index (χ3v) is 6.44. The molecule has 4 heterocycles. The van der Waals surface area contributed by atoms with E-state index in [0.717, 1.165) is 16.9 Å². The summed E-state index contributed by atoms with van der Waals surface area (Å²) in [5.41, 5.74) is 1.87. The first-order valence-electron chi connectivity index (χ1n) is 11.5. The fourth-order valence-corrected chi connectivity index (χ4v) is 4.42. The van der Waals surface area contributed by atoms with Crippen LogP contribution in [0.2, 0.25) is 0 Å². The van der Waals surface area contributed by atoms with Gasteiger partial charge in [-0.25, -0.2) is 19.1 Å². The summed E-state index contributed by atoms with van der Waals surface area (Å²) in [7, 11) is 3.41. The zero-order valence-corrected chi connectivity index (χ0v) is 20.0. The molecule has 0 unspecified atom stereocenters. The smallest absolute Gasteiger partial charge is 0.319 e. The van der Waals surface area contributed by atoms with Gasteiger partial charge in [0.05, 0.1) is 35.9 Å². The summed E-state index contributed by atoms with van der Waals surface area (Å²) in [5.74, 6) is 0. The number of carbonyl (C=O) groups is 1. The molecule has 1 fully saturated rings. The lowest BCUT2D eigenvalue weighted by Crippen LogP contribution is -2.51. The van der Waals surface area contributed by atoms with Crippen LogP contribution >= 0.6 is 0 Å². The van der Waals surface area contributed by atoms with E-state index in [2.05, 4.69) is 15.2 Å². The Kier molecular flexibility index (Phi) is 5.64. The molecule has 0 aliphatic carbocycles. The third-order valence-electron chi connectivity index (χ3n) is 6.44. The molecule has 1 aromatic carbocycles. The lowest BCUT2D eigenvalue weighted by atomic mass is 9.91. The van der Waals surface area contributed by atoms with Crippen LogP contribution in [0.3, 0.4) is 0 Å². The van der Waals surface area contributed by atoms with Gasteiger partial charge >= 0.3 is 6.03 Å². The molecule has 0 atom stereocenters. The standard InChI is InChI=1S/C24H28N8O3/c1-17-12-26-31(14-17)18-4-6-19(7-5-18)32-21-20(13-27-32)22(33)30(16-25-21)15-24(35)8-10-29(11-9-24)23(34)28(2)3/h4-7,12-14,16,35H,8-11,15H2,1-3H3. The van der Waals surface area contributed by atoms with Gasteiger partial charge in [-0.3, -0.25) is 9.36 Å². The van der Waals surface area contributed by atoms with E-state index >= 15 is 0 Å². The number of fused-ring (bicyclic) bond motifs is 1. The van der Waals surface area contributed by atoms with Crippen molar-refractivity contribution in [3.05, 3.63) is 65.1 Å². The van der Waals surface area contributed by atoms with Gasteiger partial charge in [0.25, 0.3) is 5.56 Å². The molecular weight excluding hydrogens is 448 g/mol. The second-order valence-electron chi connectivity index (χ2n) is 9.34. The molecule has 1 aliphatic rings. The number of piperidine rings is 1. The van der Waals surface area contributed by atoms with E-state index in [9.17, 15) is 14.7 Å². The number of benzene rings is 1. The number of aliphatic hydroxyl groups is 1. The van der Waals surface area contributed by atoms with Crippen molar-refractivity contribution in [2.75, 3.05) is 27.2 Å². The summed E-state index contributed by atoms with van der Waals surface area (Å²) in [4.78, 5) is 33.1. The Labute approximate surface area is 201 Å². The van der Waals surface area contributed by atoms with Gasteiger partial charge < -0.3 is 14.9 Å². The van der Waals surface area contributed by atoms with E-state index in [1.807, 2.05) is 37.4 Å². The van der Waals surface area contributed by atoms with E-state index in [-0.39, 0.29) is 18.1 Å². The molecule has 0 bridgehead atoms. The van der Waals surface area contributed by atoms with Gasteiger partial charge in [-0.1, -0.05) is 0 Å². The Balaban J connectivity index is 1.36. The summed E-state index contributed by atoms with van der Waals surface area (Å²) in [6, 6.07) is 7.58. The van der Waals surface area contributed by atoms with Crippen LogP contribution in [0.15, 0.2) is 54.0 Å². The van der Waals surface area contributed by atoms with Crippen molar-refractivity contribution in [3.63, 3.8) is 0 Å². The lowest BCUT2D eigenvalue weighted by molar-refractivity contribution is -0.0282. The summed E-state index contributed by atoms with van der Waals surface area (Å²) in [5, 5.41) is 20.2. The average molecular weight is 477 g/mol. The minimum atomic E-state index is -1.08. The molecule has 35 heavy (non-hydrogen) atoms. The molecule has 11 heteroatoms. The molecule has 0 radical (unpaired) electrons. The molecule has 1 saturated heterocycles. The third kappa shape index (κ3) is 4.30. The fraction of sp³-hybridized carbons (Fsp3) is 0.375. The van der Waals surface area contributed by atoms with E-state index in [1.165, 1.54) is 22.0 Å². The number of hydrogen-bond donors (Lipinski definition) is 1. The molecule has 1 aliphatic heterocycles. The SMILES string of the molecule is Cc1cnn(-c2ccc(-n3ncc4c(=O)n(CC5(O)CCN(C(=O)N(C)C)CC5)cnc43)cc2)c1. The van der Waals surface area contributed by atoms with Crippen molar-refractivity contribution in [2.45, 2.75) is 31.9 Å². The first kappa shape index (κ1) is 22.8. The van der Waals surface area contributed by atoms with Gasteiger partial charge in [0.15, 0.2) is 5.65 Å². The van der Waals surface area contributed by atoms with E-state index in [0.29, 0.717) is 37.0 Å². The quantitative estimate of drug-likeness (QED) is 0.478. The van der Waals surface area contributed by atoms with Crippen LogP contribution in [-0.2, 0) is 6.54 Å². The van der Waals surface area contributed by atoms with Gasteiger partial charge in [-0.15, -0.1) is 0 Å². The highest BCUT2D eigenvalue weighted by atomic mass is 16.3. The van der Waals surface area contributed by atoms with Crippen LogP contribution in [0, 0.1) is 6.92 Å². The molecule has 4 aromatic rings. The zero-order chi connectivity index (χ0) is 24.7. The van der Waals surface area contributed by atoms with Crippen LogP contribution in [0.5, 0.6) is 0 Å². The number of rotatable bonds is 4. The molecule has 5 rings (SSSR count). The highest BCUT2D eigenvalue weighted by Gasteiger charge is 2.35. The monoisotopic (exact) mass is 476 g/mol. The second kappa shape index (κ2) is 8.66. The summed E-state index contributed by atoms with van der Waals surface area (Å²) < 4.78 is 4.85. The van der Waals surface area contributed by atoms with Crippen LogP contribution < -0.4 is 5.56 Å². The Hall–Kier alpha value is -3.99. The van der Waals surface area contributed by atoms with E-state index < -0.39 is 5.60 Å². The lowest BCUT2D eigenvalue weighted by Gasteiger charge is -2.39. The Morgan fingerprint density at radius 3 is 2.40 bits per heavy atom. The van der Waals surface area contributed by atoms with Crippen LogP contribution in [0.1, 0.15) is 18.4 Å². The number of aryl methyl sites for hydroxylation is 1. The largest absolute Gasteiger partial charge is 0.388 e. The first-order chi connectivity index (χ1) is 16.7. The molecule has 3 aromatic heterocycles.